The van der Waals surface area contributed by atoms with Gasteiger partial charge in [0, 0.05) is 0 Å². The fourth-order valence-electron chi connectivity index (χ4n) is 0.588. The van der Waals surface area contributed by atoms with E-state index in [4.69, 9.17) is 17.4 Å². The van der Waals surface area contributed by atoms with Crippen molar-refractivity contribution >= 4 is 36.4 Å². The van der Waals surface area contributed by atoms with Gasteiger partial charge in [0.05, 0.1) is 0 Å². The molecule has 5 N–H and O–H groups in total. The van der Waals surface area contributed by atoms with E-state index in [2.05, 4.69) is 32.5 Å². The molecule has 0 aliphatic heterocycles. The van der Waals surface area contributed by atoms with Gasteiger partial charge in [-0.1, -0.05) is 0 Å². The minimum absolute atomic E-state index is 0.0558. The van der Waals surface area contributed by atoms with Crippen molar-refractivity contribution in [2.75, 3.05) is 5.32 Å². The van der Waals surface area contributed by atoms with E-state index in [9.17, 15) is 4.79 Å². The first-order valence-corrected chi connectivity index (χ1v) is 3.85. The van der Waals surface area contributed by atoms with Crippen LogP contribution in [0.15, 0.2) is 0 Å². The molecule has 1 aromatic heterocycles. The number of amides is 2. The number of anilines is 1. The zero-order chi connectivity index (χ0) is 9.84. The third kappa shape index (κ3) is 2.89. The lowest BCUT2D eigenvalue weighted by Crippen LogP contribution is -2.26. The molecule has 0 spiro atoms. The lowest BCUT2D eigenvalue weighted by atomic mass is 10.9. The van der Waals surface area contributed by atoms with Crippen LogP contribution in [0.3, 0.4) is 0 Å². The summed E-state index contributed by atoms with van der Waals surface area (Å²) in [4.78, 5) is 19.3. The minimum atomic E-state index is -0.834. The van der Waals surface area contributed by atoms with Gasteiger partial charge in [-0.25, -0.2) is 10.3 Å². The van der Waals surface area contributed by atoms with Gasteiger partial charge in [0.1, 0.15) is 0 Å². The van der Waals surface area contributed by atoms with Gasteiger partial charge >= 0.3 is 6.03 Å². The number of urea groups is 1. The number of rotatable bonds is 1. The Morgan fingerprint density at radius 1 is 1.46 bits per heavy atom. The fourth-order valence-corrected chi connectivity index (χ4v) is 1.04. The minimum Gasteiger partial charge on any atom is -0.308 e. The third-order valence-electron chi connectivity index (χ3n) is 0.999. The van der Waals surface area contributed by atoms with Crippen molar-refractivity contribution in [3.8, 4) is 0 Å². The second-order valence-electron chi connectivity index (χ2n) is 1.91. The van der Waals surface area contributed by atoms with Gasteiger partial charge in [-0.2, -0.15) is 4.98 Å². The predicted molar refractivity (Wildman–Crippen MR) is 48.5 cm³/mol. The van der Waals surface area contributed by atoms with E-state index < -0.39 is 6.03 Å². The van der Waals surface area contributed by atoms with Gasteiger partial charge < -0.3 is 9.97 Å². The van der Waals surface area contributed by atoms with E-state index in [0.29, 0.717) is 0 Å². The zero-order valence-electron chi connectivity index (χ0n) is 6.12. The Morgan fingerprint density at radius 2 is 2.15 bits per heavy atom. The average molecular weight is 219 g/mol. The summed E-state index contributed by atoms with van der Waals surface area (Å²) in [6.07, 6.45) is 0. The number of hydrogen-bond donors (Lipinski definition) is 5. The molecule has 0 fully saturated rings. The first-order chi connectivity index (χ1) is 6.11. The van der Waals surface area contributed by atoms with Gasteiger partial charge in [0.2, 0.25) is 10.7 Å². The second-order valence-corrected chi connectivity index (χ2v) is 2.71. The molecule has 0 atom stereocenters. The van der Waals surface area contributed by atoms with E-state index in [1.165, 1.54) is 5.48 Å². The van der Waals surface area contributed by atoms with Gasteiger partial charge in [-0.15, -0.1) is 0 Å². The van der Waals surface area contributed by atoms with E-state index >= 15 is 0 Å². The Balaban J connectivity index is 2.96. The molecule has 0 aliphatic rings. The lowest BCUT2D eigenvalue weighted by Gasteiger charge is -2.00. The van der Waals surface area contributed by atoms with E-state index in [1.54, 1.807) is 0 Å². The number of aromatic amines is 2. The molecule has 13 heavy (non-hydrogen) atoms. The number of nitrogens with zero attached hydrogens (tertiary/aromatic N) is 1. The highest BCUT2D eigenvalue weighted by Gasteiger charge is 2.00. The van der Waals surface area contributed by atoms with Crippen LogP contribution in [0.4, 0.5) is 10.7 Å². The summed E-state index contributed by atoms with van der Waals surface area (Å²) in [6, 6.07) is -0.834. The van der Waals surface area contributed by atoms with Crippen LogP contribution in [0.2, 0.25) is 0 Å². The van der Waals surface area contributed by atoms with Gasteiger partial charge in [0.15, 0.2) is 4.77 Å². The van der Waals surface area contributed by atoms with Crippen molar-refractivity contribution in [3.05, 3.63) is 9.54 Å². The number of carbonyl (C=O) groups is 1. The number of hydroxylamine groups is 1. The molecule has 0 aromatic carbocycles. The smallest absolute Gasteiger partial charge is 0.308 e. The van der Waals surface area contributed by atoms with Crippen LogP contribution in [0.25, 0.3) is 0 Å². The summed E-state index contributed by atoms with van der Waals surface area (Å²) >= 11 is 9.41. The molecule has 0 saturated heterocycles. The summed E-state index contributed by atoms with van der Waals surface area (Å²) in [5.74, 6) is 0.0558. The molecule has 70 valence electrons. The maximum Gasteiger partial charge on any atom is 0.345 e. The molecule has 1 rings (SSSR count). The zero-order valence-corrected chi connectivity index (χ0v) is 7.75. The highest BCUT2D eigenvalue weighted by Crippen LogP contribution is 1.94. The molecule has 2 amide bonds. The molecule has 1 aromatic rings. The first-order valence-electron chi connectivity index (χ1n) is 3.03. The Hall–Kier alpha value is -1.32. The monoisotopic (exact) mass is 219 g/mol. The van der Waals surface area contributed by atoms with Crippen LogP contribution < -0.4 is 10.8 Å². The molecule has 9 heteroatoms. The first kappa shape index (κ1) is 9.77. The molecule has 0 bridgehead atoms. The Morgan fingerprint density at radius 3 is 2.69 bits per heavy atom. The lowest BCUT2D eigenvalue weighted by molar-refractivity contribution is 0.172. The number of carbonyl (C=O) groups excluding carboxylic acids is 1. The number of H-pyrrole nitrogens is 2. The Labute approximate surface area is 82.2 Å². The highest BCUT2D eigenvalue weighted by atomic mass is 32.1. The van der Waals surface area contributed by atoms with Crippen LogP contribution in [0.1, 0.15) is 0 Å². The van der Waals surface area contributed by atoms with Crippen LogP contribution in [-0.2, 0) is 0 Å². The number of aromatic nitrogens is 3. The van der Waals surface area contributed by atoms with Gasteiger partial charge in [-0.05, 0) is 24.4 Å². The van der Waals surface area contributed by atoms with Crippen molar-refractivity contribution in [1.82, 2.24) is 20.4 Å². The summed E-state index contributed by atoms with van der Waals surface area (Å²) in [5, 5.41) is 10.3. The topological polar surface area (TPSA) is 106 Å². The molecule has 0 unspecified atom stereocenters. The second kappa shape index (κ2) is 4.07. The summed E-state index contributed by atoms with van der Waals surface area (Å²) in [5.41, 5.74) is 1.36. The maximum absolute atomic E-state index is 10.6. The predicted octanol–water partition coefficient (Wildman–Crippen LogP) is 0.707. The molecule has 1 heterocycles. The summed E-state index contributed by atoms with van der Waals surface area (Å²) in [7, 11) is 0. The molecule has 0 radical (unpaired) electrons. The Bertz CT molecular complexity index is 395. The molecular formula is C4H5N5O2S2. The average Bonchev–Trinajstić information content (AvgIpc) is 2.02. The molecule has 0 saturated carbocycles. The largest absolute Gasteiger partial charge is 0.345 e. The van der Waals surface area contributed by atoms with Crippen molar-refractivity contribution in [2.24, 2.45) is 0 Å². The standard InChI is InChI=1S/C4H5N5O2S2/c10-2(9-11)5-1-6-3(12)8-4(13)7-1/h11H,(H4,5,6,7,8,9,10,12,13). The van der Waals surface area contributed by atoms with E-state index in [1.807, 2.05) is 0 Å². The SMILES string of the molecule is O=C(NO)Nc1nc(=S)[nH]c(=S)[nH]1. The van der Waals surface area contributed by atoms with Crippen molar-refractivity contribution in [1.29, 1.82) is 0 Å². The van der Waals surface area contributed by atoms with Crippen LogP contribution >= 0.6 is 24.4 Å². The van der Waals surface area contributed by atoms with Crippen LogP contribution in [0.5, 0.6) is 0 Å². The maximum atomic E-state index is 10.6. The number of nitrogens with one attached hydrogen (secondary N) is 4. The normalized spacial score (nSPS) is 9.31. The van der Waals surface area contributed by atoms with Crippen molar-refractivity contribution in [3.63, 3.8) is 0 Å². The van der Waals surface area contributed by atoms with E-state index in [-0.39, 0.29) is 15.5 Å². The van der Waals surface area contributed by atoms with Crippen LogP contribution in [0, 0.1) is 9.54 Å². The Kier molecular flexibility index (Phi) is 3.06. The quantitative estimate of drug-likeness (QED) is 0.272. The van der Waals surface area contributed by atoms with E-state index in [0.717, 1.165) is 0 Å². The summed E-state index contributed by atoms with van der Waals surface area (Å²) in [6.45, 7) is 0. The molecular weight excluding hydrogens is 214 g/mol. The summed E-state index contributed by atoms with van der Waals surface area (Å²) < 4.78 is 0.366. The highest BCUT2D eigenvalue weighted by molar-refractivity contribution is 7.71. The van der Waals surface area contributed by atoms with Gasteiger partial charge in [-0.3, -0.25) is 10.5 Å². The van der Waals surface area contributed by atoms with Gasteiger partial charge in [0.25, 0.3) is 0 Å². The third-order valence-corrected chi connectivity index (χ3v) is 1.40. The molecule has 0 aliphatic carbocycles. The number of hydrogen-bond acceptors (Lipinski definition) is 5. The van der Waals surface area contributed by atoms with Crippen LogP contribution in [-0.4, -0.2) is 26.2 Å². The molecule has 7 nitrogen and oxygen atoms in total. The fraction of sp³-hybridized carbons (Fsp3) is 0. The van der Waals surface area contributed by atoms with Crippen molar-refractivity contribution < 1.29 is 10.0 Å². The van der Waals surface area contributed by atoms with Crippen molar-refractivity contribution in [2.45, 2.75) is 0 Å².